The van der Waals surface area contributed by atoms with E-state index in [1.165, 1.54) is 12.1 Å². The van der Waals surface area contributed by atoms with Crippen LogP contribution in [0.25, 0.3) is 0 Å². The van der Waals surface area contributed by atoms with Gasteiger partial charge in [-0.1, -0.05) is 23.2 Å². The average Bonchev–Trinajstić information content (AvgIpc) is 2.43. The first-order valence-corrected chi connectivity index (χ1v) is 8.10. The van der Waals surface area contributed by atoms with Crippen LogP contribution >= 0.6 is 23.2 Å². The van der Waals surface area contributed by atoms with Crippen LogP contribution in [0.5, 0.6) is 0 Å². The Balaban J connectivity index is 2.47. The molecule has 2 rings (SSSR count). The molecule has 7 nitrogen and oxygen atoms in total. The highest BCUT2D eigenvalue weighted by Gasteiger charge is 2.37. The molecule has 1 heterocycles. The zero-order chi connectivity index (χ0) is 16.5. The van der Waals surface area contributed by atoms with Crippen LogP contribution in [0.3, 0.4) is 0 Å². The molecule has 1 atom stereocenters. The maximum atomic E-state index is 12.6. The van der Waals surface area contributed by atoms with Crippen molar-refractivity contribution in [2.24, 2.45) is 0 Å². The predicted octanol–water partition coefficient (Wildman–Crippen LogP) is 1.43. The smallest absolute Gasteiger partial charge is 0.306 e. The number of sulfonamides is 1. The molecular weight excluding hydrogens is 355 g/mol. The van der Waals surface area contributed by atoms with E-state index in [-0.39, 0.29) is 14.9 Å². The fraction of sp³-hybridized carbons (Fsp3) is 0.167. The van der Waals surface area contributed by atoms with E-state index in [0.717, 1.165) is 18.5 Å². The number of hydrogen-bond acceptors (Lipinski definition) is 4. The number of amides is 1. The molecule has 0 radical (unpaired) electrons. The molecule has 22 heavy (non-hydrogen) atoms. The lowest BCUT2D eigenvalue weighted by Crippen LogP contribution is -2.49. The number of carbonyl (C=O) groups is 2. The summed E-state index contributed by atoms with van der Waals surface area (Å²) in [7, 11) is -4.15. The van der Waals surface area contributed by atoms with Crippen LogP contribution in [0.15, 0.2) is 35.5 Å². The van der Waals surface area contributed by atoms with Gasteiger partial charge >= 0.3 is 5.97 Å². The van der Waals surface area contributed by atoms with Crippen molar-refractivity contribution >= 4 is 45.1 Å². The number of nitrogens with zero attached hydrogens (tertiary/aromatic N) is 1. The lowest BCUT2D eigenvalue weighted by molar-refractivity contribution is -0.140. The van der Waals surface area contributed by atoms with Crippen molar-refractivity contribution in [2.75, 3.05) is 0 Å². The van der Waals surface area contributed by atoms with Gasteiger partial charge in [-0.3, -0.25) is 13.9 Å². The first-order valence-electron chi connectivity index (χ1n) is 5.91. The Kier molecular flexibility index (Phi) is 4.64. The molecule has 1 aromatic carbocycles. The minimum absolute atomic E-state index is 0.0305. The molecule has 10 heteroatoms. The third kappa shape index (κ3) is 3.18. The van der Waals surface area contributed by atoms with Crippen LogP contribution in [0.2, 0.25) is 10.0 Å². The summed E-state index contributed by atoms with van der Waals surface area (Å²) in [6.07, 6.45) is 1.54. The Bertz CT molecular complexity index is 763. The standard InChI is InChI=1S/C12H10Cl2N2O5S/c13-8-2-1-7(5-9(8)14)22(20,21)16-4-3-15-12(19)10(16)6-11(17)18/h1-5,10H,6H2,(H,15,19)(H,17,18). The number of hydrogen-bond donors (Lipinski definition) is 2. The predicted molar refractivity (Wildman–Crippen MR) is 78.8 cm³/mol. The molecular formula is C12H10Cl2N2O5S. The molecule has 2 N–H and O–H groups in total. The molecule has 0 bridgehead atoms. The van der Waals surface area contributed by atoms with E-state index in [4.69, 9.17) is 28.3 Å². The lowest BCUT2D eigenvalue weighted by atomic mass is 10.2. The normalized spacial score (nSPS) is 18.2. The van der Waals surface area contributed by atoms with Gasteiger partial charge in [-0.25, -0.2) is 8.42 Å². The lowest BCUT2D eigenvalue weighted by Gasteiger charge is -2.30. The number of carboxylic acid groups (broad SMARTS) is 1. The number of carbonyl (C=O) groups excluding carboxylic acids is 1. The van der Waals surface area contributed by atoms with Crippen molar-refractivity contribution in [3.63, 3.8) is 0 Å². The van der Waals surface area contributed by atoms with E-state index in [1.54, 1.807) is 0 Å². The topological polar surface area (TPSA) is 104 Å². The summed E-state index contributed by atoms with van der Waals surface area (Å²) in [6.45, 7) is 0. The van der Waals surface area contributed by atoms with Gasteiger partial charge in [0.25, 0.3) is 10.0 Å². The van der Waals surface area contributed by atoms with Gasteiger partial charge in [-0.05, 0) is 18.2 Å². The molecule has 1 aliphatic rings. The van der Waals surface area contributed by atoms with E-state index in [0.29, 0.717) is 4.31 Å². The van der Waals surface area contributed by atoms with Crippen molar-refractivity contribution in [3.8, 4) is 0 Å². The van der Waals surface area contributed by atoms with Gasteiger partial charge in [-0.2, -0.15) is 0 Å². The number of rotatable bonds is 4. The second kappa shape index (κ2) is 6.15. The highest BCUT2D eigenvalue weighted by Crippen LogP contribution is 2.28. The molecule has 1 aliphatic heterocycles. The zero-order valence-corrected chi connectivity index (χ0v) is 13.2. The Morgan fingerprint density at radius 3 is 2.59 bits per heavy atom. The maximum absolute atomic E-state index is 12.6. The van der Waals surface area contributed by atoms with E-state index in [1.807, 2.05) is 0 Å². The highest BCUT2D eigenvalue weighted by atomic mass is 35.5. The second-order valence-corrected chi connectivity index (χ2v) is 7.01. The first kappa shape index (κ1) is 16.6. The monoisotopic (exact) mass is 364 g/mol. The van der Waals surface area contributed by atoms with Crippen LogP contribution in [-0.4, -0.2) is 35.7 Å². The summed E-state index contributed by atoms with van der Waals surface area (Å²) in [5, 5.41) is 11.3. The van der Waals surface area contributed by atoms with E-state index < -0.39 is 34.4 Å². The van der Waals surface area contributed by atoms with E-state index in [9.17, 15) is 18.0 Å². The summed E-state index contributed by atoms with van der Waals surface area (Å²) in [5.74, 6) is -2.03. The van der Waals surface area contributed by atoms with Crippen LogP contribution in [0.4, 0.5) is 0 Å². The number of benzene rings is 1. The quantitative estimate of drug-likeness (QED) is 0.840. The molecule has 1 unspecified atom stereocenters. The van der Waals surface area contributed by atoms with Crippen LogP contribution in [0, 0.1) is 0 Å². The summed E-state index contributed by atoms with van der Waals surface area (Å²) >= 11 is 11.5. The van der Waals surface area contributed by atoms with Crippen LogP contribution < -0.4 is 5.32 Å². The van der Waals surface area contributed by atoms with Crippen molar-refractivity contribution in [1.82, 2.24) is 9.62 Å². The average molecular weight is 365 g/mol. The van der Waals surface area contributed by atoms with Gasteiger partial charge in [0.2, 0.25) is 5.91 Å². The number of nitrogens with one attached hydrogen (secondary N) is 1. The minimum Gasteiger partial charge on any atom is -0.481 e. The number of aliphatic carboxylic acids is 1. The fourth-order valence-corrected chi connectivity index (χ4v) is 3.70. The third-order valence-corrected chi connectivity index (χ3v) is 5.41. The first-order chi connectivity index (χ1) is 10.2. The molecule has 118 valence electrons. The minimum atomic E-state index is -4.15. The Morgan fingerprint density at radius 1 is 1.32 bits per heavy atom. The van der Waals surface area contributed by atoms with Crippen LogP contribution in [-0.2, 0) is 19.6 Å². The SMILES string of the molecule is O=C(O)CC1C(=O)NC=CN1S(=O)(=O)c1ccc(Cl)c(Cl)c1. The van der Waals surface area contributed by atoms with Gasteiger partial charge in [0.1, 0.15) is 6.04 Å². The molecule has 0 aromatic heterocycles. The summed E-state index contributed by atoms with van der Waals surface area (Å²) in [4.78, 5) is 22.4. The third-order valence-electron chi connectivity index (χ3n) is 2.89. The van der Waals surface area contributed by atoms with Crippen molar-refractivity contribution in [3.05, 3.63) is 40.6 Å². The summed E-state index contributed by atoms with van der Waals surface area (Å²) in [6, 6.07) is 2.28. The second-order valence-electron chi connectivity index (χ2n) is 4.35. The molecule has 0 saturated carbocycles. The van der Waals surface area contributed by atoms with E-state index in [2.05, 4.69) is 5.32 Å². The zero-order valence-electron chi connectivity index (χ0n) is 10.9. The Labute approximate surface area is 136 Å². The molecule has 0 spiro atoms. The summed E-state index contributed by atoms with van der Waals surface area (Å²) in [5.41, 5.74) is 0. The van der Waals surface area contributed by atoms with Gasteiger partial charge in [0, 0.05) is 12.4 Å². The molecule has 0 fully saturated rings. The van der Waals surface area contributed by atoms with Crippen molar-refractivity contribution < 1.29 is 23.1 Å². The van der Waals surface area contributed by atoms with Gasteiger partial charge in [0.05, 0.1) is 21.4 Å². The molecule has 0 aliphatic carbocycles. The van der Waals surface area contributed by atoms with Gasteiger partial charge in [-0.15, -0.1) is 0 Å². The van der Waals surface area contributed by atoms with Gasteiger partial charge < -0.3 is 10.4 Å². The molecule has 1 aromatic rings. The van der Waals surface area contributed by atoms with Crippen molar-refractivity contribution in [2.45, 2.75) is 17.4 Å². The summed E-state index contributed by atoms with van der Waals surface area (Å²) < 4.78 is 25.9. The number of halogens is 2. The Hall–Kier alpha value is -1.77. The maximum Gasteiger partial charge on any atom is 0.306 e. The Morgan fingerprint density at radius 2 is 2.00 bits per heavy atom. The number of carboxylic acids is 1. The van der Waals surface area contributed by atoms with Crippen molar-refractivity contribution in [1.29, 1.82) is 0 Å². The van der Waals surface area contributed by atoms with Crippen LogP contribution in [0.1, 0.15) is 6.42 Å². The molecule has 0 saturated heterocycles. The van der Waals surface area contributed by atoms with E-state index >= 15 is 0 Å². The fourth-order valence-electron chi connectivity index (χ4n) is 1.86. The molecule has 1 amide bonds. The van der Waals surface area contributed by atoms with Gasteiger partial charge in [0.15, 0.2) is 0 Å². The largest absolute Gasteiger partial charge is 0.481 e. The highest BCUT2D eigenvalue weighted by molar-refractivity contribution is 7.89.